The largest absolute Gasteiger partial charge is 0.493 e. The number of nitro groups is 1. The molecule has 2 N–H and O–H groups in total. The normalized spacial score (nSPS) is 10.2. The lowest BCUT2D eigenvalue weighted by molar-refractivity contribution is -0.384. The van der Waals surface area contributed by atoms with E-state index < -0.39 is 4.92 Å². The van der Waals surface area contributed by atoms with Gasteiger partial charge in [0.1, 0.15) is 11.4 Å². The summed E-state index contributed by atoms with van der Waals surface area (Å²) in [5, 5.41) is 22.0. The number of carbonyl (C=O) groups is 1. The van der Waals surface area contributed by atoms with Gasteiger partial charge in [0, 0.05) is 13.5 Å². The molecule has 0 heterocycles. The average Bonchev–Trinajstić information content (AvgIpc) is 2.43. The highest BCUT2D eigenvalue weighted by atomic mass is 16.6. The highest BCUT2D eigenvalue weighted by molar-refractivity contribution is 5.91. The van der Waals surface area contributed by atoms with Crippen molar-refractivity contribution in [1.82, 2.24) is 0 Å². The standard InChI is InChI=1S/C14H20N2O5/c1-11(18)15-13-7-6-12(10-14(13)16(19)20)21-9-5-3-2-4-8-17/h6-7,10,17H,2-5,8-9H2,1H3,(H,15,18). The van der Waals surface area contributed by atoms with Crippen LogP contribution in [0.4, 0.5) is 11.4 Å². The molecular formula is C14H20N2O5. The fourth-order valence-corrected chi connectivity index (χ4v) is 1.81. The fraction of sp³-hybridized carbons (Fsp3) is 0.500. The minimum Gasteiger partial charge on any atom is -0.493 e. The van der Waals surface area contributed by atoms with Crippen LogP contribution in [-0.4, -0.2) is 29.2 Å². The summed E-state index contributed by atoms with van der Waals surface area (Å²) in [6, 6.07) is 4.35. The predicted octanol–water partition coefficient (Wildman–Crippen LogP) is 2.48. The van der Waals surface area contributed by atoms with Crippen molar-refractivity contribution >= 4 is 17.3 Å². The van der Waals surface area contributed by atoms with Crippen molar-refractivity contribution in [2.24, 2.45) is 0 Å². The molecule has 21 heavy (non-hydrogen) atoms. The van der Waals surface area contributed by atoms with Crippen molar-refractivity contribution in [2.45, 2.75) is 32.6 Å². The van der Waals surface area contributed by atoms with Gasteiger partial charge in [-0.3, -0.25) is 14.9 Å². The van der Waals surface area contributed by atoms with E-state index in [1.807, 2.05) is 0 Å². The van der Waals surface area contributed by atoms with Crippen LogP contribution in [0.5, 0.6) is 5.75 Å². The third-order valence-electron chi connectivity index (χ3n) is 2.80. The van der Waals surface area contributed by atoms with E-state index in [9.17, 15) is 14.9 Å². The molecule has 1 aromatic rings. The zero-order chi connectivity index (χ0) is 15.7. The molecule has 0 saturated heterocycles. The molecule has 1 amide bonds. The van der Waals surface area contributed by atoms with Crippen molar-refractivity contribution < 1.29 is 19.6 Å². The van der Waals surface area contributed by atoms with Crippen LogP contribution >= 0.6 is 0 Å². The Morgan fingerprint density at radius 2 is 2.05 bits per heavy atom. The van der Waals surface area contributed by atoms with Crippen LogP contribution in [0.2, 0.25) is 0 Å². The second kappa shape index (κ2) is 8.91. The van der Waals surface area contributed by atoms with Gasteiger partial charge in [-0.1, -0.05) is 6.42 Å². The van der Waals surface area contributed by atoms with Crippen molar-refractivity contribution in [2.75, 3.05) is 18.5 Å². The number of nitro benzene ring substituents is 1. The van der Waals surface area contributed by atoms with Crippen LogP contribution in [0.15, 0.2) is 18.2 Å². The van der Waals surface area contributed by atoms with Gasteiger partial charge < -0.3 is 15.2 Å². The number of amides is 1. The number of unbranched alkanes of at least 4 members (excludes halogenated alkanes) is 3. The van der Waals surface area contributed by atoms with Gasteiger partial charge in [-0.2, -0.15) is 0 Å². The minimum atomic E-state index is -0.556. The number of carbonyl (C=O) groups excluding carboxylic acids is 1. The molecule has 0 spiro atoms. The number of hydrogen-bond acceptors (Lipinski definition) is 5. The van der Waals surface area contributed by atoms with Crippen LogP contribution < -0.4 is 10.1 Å². The minimum absolute atomic E-state index is 0.155. The van der Waals surface area contributed by atoms with Gasteiger partial charge in [0.15, 0.2) is 0 Å². The number of aliphatic hydroxyl groups excluding tert-OH is 1. The third-order valence-corrected chi connectivity index (χ3v) is 2.80. The van der Waals surface area contributed by atoms with Crippen LogP contribution in [0.1, 0.15) is 32.6 Å². The maximum Gasteiger partial charge on any atom is 0.296 e. The molecule has 0 aromatic heterocycles. The zero-order valence-electron chi connectivity index (χ0n) is 12.0. The van der Waals surface area contributed by atoms with Gasteiger partial charge in [-0.25, -0.2) is 0 Å². The van der Waals surface area contributed by atoms with Crippen LogP contribution in [0.3, 0.4) is 0 Å². The van der Waals surface area contributed by atoms with E-state index >= 15 is 0 Å². The number of ether oxygens (including phenoxy) is 1. The van der Waals surface area contributed by atoms with Gasteiger partial charge in [-0.05, 0) is 31.4 Å². The van der Waals surface area contributed by atoms with Gasteiger partial charge >= 0.3 is 0 Å². The SMILES string of the molecule is CC(=O)Nc1ccc(OCCCCCCO)cc1[N+](=O)[O-]. The molecular weight excluding hydrogens is 276 g/mol. The lowest BCUT2D eigenvalue weighted by Gasteiger charge is -2.08. The molecule has 0 saturated carbocycles. The average molecular weight is 296 g/mol. The summed E-state index contributed by atoms with van der Waals surface area (Å²) >= 11 is 0. The summed E-state index contributed by atoms with van der Waals surface area (Å²) in [6.45, 7) is 1.94. The Morgan fingerprint density at radius 1 is 1.33 bits per heavy atom. The summed E-state index contributed by atoms with van der Waals surface area (Å²) < 4.78 is 5.46. The lowest BCUT2D eigenvalue weighted by Crippen LogP contribution is -2.08. The van der Waals surface area contributed by atoms with Gasteiger partial charge in [0.2, 0.25) is 5.91 Å². The van der Waals surface area contributed by atoms with Gasteiger partial charge in [0.25, 0.3) is 5.69 Å². The summed E-state index contributed by atoms with van der Waals surface area (Å²) in [6.07, 6.45) is 3.46. The Hall–Kier alpha value is -2.15. The van der Waals surface area contributed by atoms with Crippen molar-refractivity contribution in [1.29, 1.82) is 0 Å². The molecule has 0 radical (unpaired) electrons. The fourth-order valence-electron chi connectivity index (χ4n) is 1.81. The lowest BCUT2D eigenvalue weighted by atomic mass is 10.2. The molecule has 1 rings (SSSR count). The van der Waals surface area contributed by atoms with Crippen LogP contribution in [0, 0.1) is 10.1 Å². The van der Waals surface area contributed by atoms with Gasteiger partial charge in [0.05, 0.1) is 17.6 Å². The van der Waals surface area contributed by atoms with E-state index in [0.717, 1.165) is 25.7 Å². The van der Waals surface area contributed by atoms with E-state index in [1.165, 1.54) is 19.1 Å². The van der Waals surface area contributed by atoms with E-state index in [1.54, 1.807) is 6.07 Å². The number of nitrogens with zero attached hydrogens (tertiary/aromatic N) is 1. The second-order valence-corrected chi connectivity index (χ2v) is 4.60. The second-order valence-electron chi connectivity index (χ2n) is 4.60. The smallest absolute Gasteiger partial charge is 0.296 e. The maximum absolute atomic E-state index is 11.0. The van der Waals surface area contributed by atoms with Crippen LogP contribution in [0.25, 0.3) is 0 Å². The number of hydrogen-bond donors (Lipinski definition) is 2. The first-order chi connectivity index (χ1) is 10.0. The molecule has 0 unspecified atom stereocenters. The van der Waals surface area contributed by atoms with E-state index in [-0.39, 0.29) is 23.9 Å². The Bertz CT molecular complexity index is 490. The van der Waals surface area contributed by atoms with Crippen molar-refractivity contribution in [3.63, 3.8) is 0 Å². The molecule has 0 bridgehead atoms. The molecule has 0 aliphatic carbocycles. The summed E-state index contributed by atoms with van der Waals surface area (Å²) in [5.41, 5.74) is -0.0363. The zero-order valence-corrected chi connectivity index (χ0v) is 12.0. The molecule has 0 aliphatic heterocycles. The topological polar surface area (TPSA) is 102 Å². The molecule has 7 heteroatoms. The molecule has 0 atom stereocenters. The monoisotopic (exact) mass is 296 g/mol. The highest BCUT2D eigenvalue weighted by Crippen LogP contribution is 2.29. The van der Waals surface area contributed by atoms with Crippen molar-refractivity contribution in [3.05, 3.63) is 28.3 Å². The number of anilines is 1. The molecule has 0 fully saturated rings. The quantitative estimate of drug-likeness (QED) is 0.414. The molecule has 116 valence electrons. The summed E-state index contributed by atoms with van der Waals surface area (Å²) in [7, 11) is 0. The molecule has 7 nitrogen and oxygen atoms in total. The molecule has 0 aliphatic rings. The summed E-state index contributed by atoms with van der Waals surface area (Å²) in [5.74, 6) is 0.0358. The first-order valence-electron chi connectivity index (χ1n) is 6.84. The summed E-state index contributed by atoms with van der Waals surface area (Å²) in [4.78, 5) is 21.4. The first kappa shape index (κ1) is 16.9. The number of nitrogens with one attached hydrogen (secondary N) is 1. The van der Waals surface area contributed by atoms with E-state index in [0.29, 0.717) is 12.4 Å². The number of benzene rings is 1. The Balaban J connectivity index is 2.58. The van der Waals surface area contributed by atoms with Gasteiger partial charge in [-0.15, -0.1) is 0 Å². The first-order valence-corrected chi connectivity index (χ1v) is 6.84. The highest BCUT2D eigenvalue weighted by Gasteiger charge is 2.16. The third kappa shape index (κ3) is 6.22. The molecule has 1 aromatic carbocycles. The Labute approximate surface area is 123 Å². The Morgan fingerprint density at radius 3 is 2.67 bits per heavy atom. The van der Waals surface area contributed by atoms with E-state index in [2.05, 4.69) is 5.32 Å². The van der Waals surface area contributed by atoms with E-state index in [4.69, 9.17) is 9.84 Å². The number of aliphatic hydroxyl groups is 1. The predicted molar refractivity (Wildman–Crippen MR) is 78.4 cm³/mol. The number of rotatable bonds is 9. The maximum atomic E-state index is 11.0. The van der Waals surface area contributed by atoms with Crippen LogP contribution in [-0.2, 0) is 4.79 Å². The Kier molecular flexibility index (Phi) is 7.17. The van der Waals surface area contributed by atoms with Crippen molar-refractivity contribution in [3.8, 4) is 5.75 Å².